The maximum absolute atomic E-state index is 12.5. The molecular formula is C14H17N3O2S. The summed E-state index contributed by atoms with van der Waals surface area (Å²) < 4.78 is 0. The van der Waals surface area contributed by atoms with E-state index in [1.54, 1.807) is 11.0 Å². The largest absolute Gasteiger partial charge is 0.337 e. The van der Waals surface area contributed by atoms with E-state index >= 15 is 0 Å². The lowest BCUT2D eigenvalue weighted by Gasteiger charge is -2.24. The average molecular weight is 291 g/mol. The Kier molecular flexibility index (Phi) is 3.67. The number of benzene rings is 1. The summed E-state index contributed by atoms with van der Waals surface area (Å²) in [5.41, 5.74) is 1.37. The van der Waals surface area contributed by atoms with Gasteiger partial charge in [0.2, 0.25) is 5.91 Å². The van der Waals surface area contributed by atoms with Gasteiger partial charge in [-0.3, -0.25) is 9.59 Å². The zero-order valence-electron chi connectivity index (χ0n) is 11.3. The van der Waals surface area contributed by atoms with E-state index in [0.717, 1.165) is 30.1 Å². The second-order valence-electron chi connectivity index (χ2n) is 5.11. The maximum atomic E-state index is 12.5. The van der Waals surface area contributed by atoms with Crippen molar-refractivity contribution in [2.75, 3.05) is 31.2 Å². The third-order valence-corrected chi connectivity index (χ3v) is 4.84. The summed E-state index contributed by atoms with van der Waals surface area (Å²) in [4.78, 5) is 26.7. The molecule has 0 saturated carbocycles. The molecule has 20 heavy (non-hydrogen) atoms. The van der Waals surface area contributed by atoms with Crippen LogP contribution >= 0.6 is 11.8 Å². The van der Waals surface area contributed by atoms with Crippen LogP contribution in [-0.2, 0) is 4.79 Å². The van der Waals surface area contributed by atoms with Crippen molar-refractivity contribution < 1.29 is 9.59 Å². The molecule has 1 aromatic rings. The van der Waals surface area contributed by atoms with Gasteiger partial charge in [0.25, 0.3) is 5.91 Å². The molecule has 2 heterocycles. The average Bonchev–Trinajstić information content (AvgIpc) is 2.99. The molecule has 2 amide bonds. The van der Waals surface area contributed by atoms with Crippen molar-refractivity contribution >= 4 is 29.3 Å². The van der Waals surface area contributed by atoms with Crippen molar-refractivity contribution in [1.29, 1.82) is 0 Å². The monoisotopic (exact) mass is 291 g/mol. The van der Waals surface area contributed by atoms with E-state index in [1.807, 2.05) is 19.2 Å². The molecule has 0 aromatic heterocycles. The highest BCUT2D eigenvalue weighted by atomic mass is 32.2. The number of thioether (sulfide) groups is 1. The van der Waals surface area contributed by atoms with Gasteiger partial charge in [0.05, 0.1) is 11.4 Å². The van der Waals surface area contributed by atoms with Gasteiger partial charge in [-0.1, -0.05) is 0 Å². The van der Waals surface area contributed by atoms with Crippen LogP contribution in [-0.4, -0.2) is 48.6 Å². The van der Waals surface area contributed by atoms with Gasteiger partial charge in [-0.05, 0) is 31.2 Å². The molecule has 2 aliphatic rings. The zero-order valence-corrected chi connectivity index (χ0v) is 12.1. The molecule has 1 saturated heterocycles. The fourth-order valence-corrected chi connectivity index (χ4v) is 3.34. The number of fused-ring (bicyclic) bond motifs is 1. The topological polar surface area (TPSA) is 61.4 Å². The predicted octanol–water partition coefficient (Wildman–Crippen LogP) is 1.16. The molecule has 1 atom stereocenters. The normalized spacial score (nSPS) is 21.2. The first kappa shape index (κ1) is 13.5. The summed E-state index contributed by atoms with van der Waals surface area (Å²) in [6.45, 7) is 1.80. The van der Waals surface area contributed by atoms with E-state index in [0.29, 0.717) is 11.3 Å². The maximum Gasteiger partial charge on any atom is 0.253 e. The fourth-order valence-electron chi connectivity index (χ4n) is 2.56. The zero-order chi connectivity index (χ0) is 14.1. The van der Waals surface area contributed by atoms with Crippen LogP contribution in [0.1, 0.15) is 16.8 Å². The van der Waals surface area contributed by atoms with Crippen molar-refractivity contribution in [3.8, 4) is 0 Å². The first-order valence-electron chi connectivity index (χ1n) is 6.70. The minimum atomic E-state index is -0.0135. The van der Waals surface area contributed by atoms with Gasteiger partial charge in [0.15, 0.2) is 0 Å². The Balaban J connectivity index is 1.81. The van der Waals surface area contributed by atoms with Gasteiger partial charge in [-0.2, -0.15) is 0 Å². The molecule has 0 aliphatic carbocycles. The minimum Gasteiger partial charge on any atom is -0.337 e. The standard InChI is InChI=1S/C14H17N3O2S/c1-17(10-4-5-15-7-10)14(19)9-2-3-12-11(6-9)16-13(18)8-20-12/h2-3,6,10,15H,4-5,7-8H2,1H3,(H,16,18). The van der Waals surface area contributed by atoms with Crippen molar-refractivity contribution in [3.05, 3.63) is 23.8 Å². The Bertz CT molecular complexity index is 555. The van der Waals surface area contributed by atoms with Crippen LogP contribution in [0.15, 0.2) is 23.1 Å². The van der Waals surface area contributed by atoms with E-state index in [1.165, 1.54) is 11.8 Å². The summed E-state index contributed by atoms with van der Waals surface area (Å²) in [7, 11) is 1.84. The van der Waals surface area contributed by atoms with Crippen molar-refractivity contribution in [1.82, 2.24) is 10.2 Å². The van der Waals surface area contributed by atoms with E-state index in [2.05, 4.69) is 10.6 Å². The summed E-state index contributed by atoms with van der Waals surface area (Å²) in [5.74, 6) is 0.431. The Labute approximate surface area is 122 Å². The third-order valence-electron chi connectivity index (χ3n) is 3.76. The number of carbonyl (C=O) groups excluding carboxylic acids is 2. The smallest absolute Gasteiger partial charge is 0.253 e. The van der Waals surface area contributed by atoms with Gasteiger partial charge < -0.3 is 15.5 Å². The number of amides is 2. The predicted molar refractivity (Wildman–Crippen MR) is 79.2 cm³/mol. The second-order valence-corrected chi connectivity index (χ2v) is 6.13. The van der Waals surface area contributed by atoms with Crippen LogP contribution in [0.2, 0.25) is 0 Å². The summed E-state index contributed by atoms with van der Waals surface area (Å²) in [5, 5.41) is 6.08. The van der Waals surface area contributed by atoms with Crippen LogP contribution in [0.3, 0.4) is 0 Å². The number of hydrogen-bond donors (Lipinski definition) is 2. The Morgan fingerprint density at radius 1 is 1.45 bits per heavy atom. The van der Waals surface area contributed by atoms with Crippen LogP contribution < -0.4 is 10.6 Å². The lowest BCUT2D eigenvalue weighted by molar-refractivity contribution is -0.113. The molecule has 0 radical (unpaired) electrons. The summed E-state index contributed by atoms with van der Waals surface area (Å²) >= 11 is 1.50. The van der Waals surface area contributed by atoms with Crippen molar-refractivity contribution in [2.45, 2.75) is 17.4 Å². The number of anilines is 1. The molecule has 0 bridgehead atoms. The van der Waals surface area contributed by atoms with Crippen LogP contribution in [0, 0.1) is 0 Å². The molecular weight excluding hydrogens is 274 g/mol. The lowest BCUT2D eigenvalue weighted by atomic mass is 10.1. The Hall–Kier alpha value is -1.53. The minimum absolute atomic E-state index is 0.00585. The summed E-state index contributed by atoms with van der Waals surface area (Å²) in [6.07, 6.45) is 0.986. The number of nitrogens with zero attached hydrogens (tertiary/aromatic N) is 1. The highest BCUT2D eigenvalue weighted by Crippen LogP contribution is 2.32. The van der Waals surface area contributed by atoms with Gasteiger partial charge in [-0.15, -0.1) is 11.8 Å². The molecule has 1 fully saturated rings. The van der Waals surface area contributed by atoms with Crippen LogP contribution in [0.25, 0.3) is 0 Å². The molecule has 2 N–H and O–H groups in total. The number of rotatable bonds is 2. The third kappa shape index (κ3) is 2.53. The number of carbonyl (C=O) groups is 2. The van der Waals surface area contributed by atoms with Crippen LogP contribution in [0.5, 0.6) is 0 Å². The lowest BCUT2D eigenvalue weighted by Crippen LogP contribution is -2.38. The molecule has 2 aliphatic heterocycles. The van der Waals surface area contributed by atoms with E-state index in [9.17, 15) is 9.59 Å². The molecule has 0 spiro atoms. The SMILES string of the molecule is CN(C(=O)c1ccc2c(c1)NC(=O)CS2)C1CCNC1. The van der Waals surface area contributed by atoms with Gasteiger partial charge in [0, 0.05) is 30.1 Å². The number of hydrogen-bond acceptors (Lipinski definition) is 4. The van der Waals surface area contributed by atoms with Gasteiger partial charge in [-0.25, -0.2) is 0 Å². The fraction of sp³-hybridized carbons (Fsp3) is 0.429. The van der Waals surface area contributed by atoms with Gasteiger partial charge >= 0.3 is 0 Å². The summed E-state index contributed by atoms with van der Waals surface area (Å²) in [6, 6.07) is 5.78. The molecule has 106 valence electrons. The molecule has 1 aromatic carbocycles. The van der Waals surface area contributed by atoms with Crippen molar-refractivity contribution in [2.24, 2.45) is 0 Å². The highest BCUT2D eigenvalue weighted by molar-refractivity contribution is 8.00. The number of likely N-dealkylation sites (N-methyl/N-ethyl adjacent to an activating group) is 1. The Morgan fingerprint density at radius 2 is 2.30 bits per heavy atom. The van der Waals surface area contributed by atoms with Crippen LogP contribution in [0.4, 0.5) is 5.69 Å². The molecule has 5 nitrogen and oxygen atoms in total. The molecule has 1 unspecified atom stereocenters. The van der Waals surface area contributed by atoms with Crippen molar-refractivity contribution in [3.63, 3.8) is 0 Å². The second kappa shape index (κ2) is 5.46. The molecule has 6 heteroatoms. The first-order valence-corrected chi connectivity index (χ1v) is 7.68. The quantitative estimate of drug-likeness (QED) is 0.858. The van der Waals surface area contributed by atoms with E-state index < -0.39 is 0 Å². The van der Waals surface area contributed by atoms with E-state index in [-0.39, 0.29) is 17.9 Å². The van der Waals surface area contributed by atoms with Gasteiger partial charge in [0.1, 0.15) is 0 Å². The Morgan fingerprint density at radius 3 is 3.05 bits per heavy atom. The first-order chi connectivity index (χ1) is 9.65. The molecule has 3 rings (SSSR count). The highest BCUT2D eigenvalue weighted by Gasteiger charge is 2.25. The van der Waals surface area contributed by atoms with E-state index in [4.69, 9.17) is 0 Å². The number of nitrogens with one attached hydrogen (secondary N) is 2.